The topological polar surface area (TPSA) is 83.5 Å². The molecule has 0 unspecified atom stereocenters. The van der Waals surface area contributed by atoms with Gasteiger partial charge in [-0.2, -0.15) is 0 Å². The first kappa shape index (κ1) is 22.3. The number of fused-ring (bicyclic) bond motifs is 2. The molecule has 0 aliphatic carbocycles. The summed E-state index contributed by atoms with van der Waals surface area (Å²) < 4.78 is 29.0. The van der Waals surface area contributed by atoms with Gasteiger partial charge in [-0.1, -0.05) is 18.2 Å². The van der Waals surface area contributed by atoms with E-state index >= 15 is 0 Å². The minimum atomic E-state index is -0.647. The van der Waals surface area contributed by atoms with Crippen LogP contribution in [0.2, 0.25) is 0 Å². The van der Waals surface area contributed by atoms with Gasteiger partial charge >= 0.3 is 5.91 Å². The van der Waals surface area contributed by atoms with E-state index in [2.05, 4.69) is 0 Å². The fourth-order valence-corrected chi connectivity index (χ4v) is 3.66. The first-order valence-corrected chi connectivity index (χ1v) is 10.7. The monoisotopic (exact) mass is 441 g/mol. The molecule has 170 valence electrons. The van der Waals surface area contributed by atoms with Gasteiger partial charge in [0.15, 0.2) is 0 Å². The summed E-state index contributed by atoms with van der Waals surface area (Å²) in [5.74, 6) is -0.322. The molecule has 0 fully saturated rings. The molecule has 2 aromatic carbocycles. The molecule has 0 aromatic heterocycles. The van der Waals surface area contributed by atoms with E-state index in [-0.39, 0.29) is 12.2 Å². The molecule has 4 rings (SSSR count). The Morgan fingerprint density at radius 3 is 2.06 bits per heavy atom. The second kappa shape index (κ2) is 10.1. The molecular weight excluding hydrogens is 414 g/mol. The van der Waals surface area contributed by atoms with Gasteiger partial charge in [0, 0.05) is 0 Å². The van der Waals surface area contributed by atoms with Crippen LogP contribution in [0.1, 0.15) is 24.2 Å². The van der Waals surface area contributed by atoms with Crippen molar-refractivity contribution in [2.45, 2.75) is 26.1 Å². The predicted molar refractivity (Wildman–Crippen MR) is 117 cm³/mol. The van der Waals surface area contributed by atoms with E-state index in [1.54, 1.807) is 36.4 Å². The number of carbonyl (C=O) groups excluding carboxylic acids is 2. The van der Waals surface area contributed by atoms with Crippen LogP contribution < -0.4 is 14.4 Å². The van der Waals surface area contributed by atoms with E-state index in [1.165, 1.54) is 4.90 Å². The lowest BCUT2D eigenvalue weighted by Crippen LogP contribution is -2.28. The second-order valence-electron chi connectivity index (χ2n) is 7.71. The number of ketones is 1. The van der Waals surface area contributed by atoms with Crippen molar-refractivity contribution in [2.24, 2.45) is 0 Å². The molecule has 0 spiro atoms. The third-order valence-electron chi connectivity index (χ3n) is 5.08. The highest BCUT2D eigenvalue weighted by atomic mass is 16.6. The zero-order chi connectivity index (χ0) is 22.5. The van der Waals surface area contributed by atoms with Crippen LogP contribution in [0, 0.1) is 0 Å². The number of hydrogen-bond donors (Lipinski definition) is 0. The van der Waals surface area contributed by atoms with Crippen molar-refractivity contribution in [2.75, 3.05) is 44.5 Å². The van der Waals surface area contributed by atoms with E-state index in [0.29, 0.717) is 68.1 Å². The lowest BCUT2D eigenvalue weighted by atomic mass is 10.1. The van der Waals surface area contributed by atoms with Gasteiger partial charge in [0.05, 0.1) is 50.9 Å². The number of ether oxygens (including phenoxy) is 5. The van der Waals surface area contributed by atoms with Crippen LogP contribution in [-0.4, -0.2) is 63.5 Å². The largest absolute Gasteiger partial charge is 0.486 e. The summed E-state index contributed by atoms with van der Waals surface area (Å²) in [5, 5.41) is 0. The Bertz CT molecular complexity index is 977. The Kier molecular flexibility index (Phi) is 7.04. The predicted octanol–water partition coefficient (Wildman–Crippen LogP) is 3.15. The van der Waals surface area contributed by atoms with Crippen molar-refractivity contribution in [1.82, 2.24) is 0 Å². The SMILES string of the molecule is C[C@@H]1COCCOCCOC[C@@H](C)Oc2cccc3c2N(C(=O)C3=O)c2ccccc2O1. The van der Waals surface area contributed by atoms with E-state index < -0.39 is 11.7 Å². The van der Waals surface area contributed by atoms with Gasteiger partial charge in [-0.25, -0.2) is 0 Å². The molecule has 2 heterocycles. The Labute approximate surface area is 187 Å². The highest BCUT2D eigenvalue weighted by Gasteiger charge is 2.40. The van der Waals surface area contributed by atoms with E-state index in [4.69, 9.17) is 23.7 Å². The van der Waals surface area contributed by atoms with Crippen molar-refractivity contribution < 1.29 is 33.3 Å². The molecule has 32 heavy (non-hydrogen) atoms. The maximum absolute atomic E-state index is 13.0. The van der Waals surface area contributed by atoms with E-state index in [1.807, 2.05) is 19.9 Å². The van der Waals surface area contributed by atoms with Gasteiger partial charge < -0.3 is 23.7 Å². The van der Waals surface area contributed by atoms with E-state index in [9.17, 15) is 9.59 Å². The van der Waals surface area contributed by atoms with Gasteiger partial charge in [0.2, 0.25) is 0 Å². The lowest BCUT2D eigenvalue weighted by Gasteiger charge is -2.25. The summed E-state index contributed by atoms with van der Waals surface area (Å²) in [7, 11) is 0. The average Bonchev–Trinajstić information content (AvgIpc) is 3.04. The first-order valence-electron chi connectivity index (χ1n) is 10.7. The third kappa shape index (κ3) is 4.77. The van der Waals surface area contributed by atoms with Crippen molar-refractivity contribution in [3.63, 3.8) is 0 Å². The molecule has 0 saturated carbocycles. The normalized spacial score (nSPS) is 22.8. The Morgan fingerprint density at radius 2 is 1.34 bits per heavy atom. The number of benzene rings is 2. The quantitative estimate of drug-likeness (QED) is 0.581. The number of rotatable bonds is 0. The number of para-hydroxylation sites is 3. The maximum atomic E-state index is 13.0. The number of anilines is 2. The molecule has 0 bridgehead atoms. The zero-order valence-corrected chi connectivity index (χ0v) is 18.2. The average molecular weight is 441 g/mol. The van der Waals surface area contributed by atoms with E-state index in [0.717, 1.165) is 0 Å². The van der Waals surface area contributed by atoms with Crippen molar-refractivity contribution >= 4 is 23.1 Å². The minimum absolute atomic E-state index is 0.280. The number of hydrogen-bond acceptors (Lipinski definition) is 7. The first-order chi connectivity index (χ1) is 15.6. The zero-order valence-electron chi connectivity index (χ0n) is 18.2. The van der Waals surface area contributed by atoms with Gasteiger partial charge in [-0.05, 0) is 38.1 Å². The van der Waals surface area contributed by atoms with Crippen LogP contribution in [0.4, 0.5) is 11.4 Å². The lowest BCUT2D eigenvalue weighted by molar-refractivity contribution is -0.113. The van der Waals surface area contributed by atoms with Gasteiger partial charge in [-0.3, -0.25) is 14.5 Å². The van der Waals surface area contributed by atoms with Crippen LogP contribution in [0.3, 0.4) is 0 Å². The molecule has 2 atom stereocenters. The summed E-state index contributed by atoms with van der Waals surface area (Å²) >= 11 is 0. The number of carbonyl (C=O) groups is 2. The highest BCUT2D eigenvalue weighted by molar-refractivity contribution is 6.54. The molecule has 0 saturated heterocycles. The third-order valence-corrected chi connectivity index (χ3v) is 5.08. The number of nitrogens with zero attached hydrogens (tertiary/aromatic N) is 1. The molecule has 2 aliphatic rings. The molecule has 2 aliphatic heterocycles. The molecule has 2 aromatic rings. The molecule has 8 heteroatoms. The summed E-state index contributed by atoms with van der Waals surface area (Å²) in [6, 6.07) is 12.2. The van der Waals surface area contributed by atoms with Crippen LogP contribution >= 0.6 is 0 Å². The molecule has 8 nitrogen and oxygen atoms in total. The standard InChI is InChI=1S/C24H27NO7/c1-16-14-29-12-10-28-11-13-30-15-17(2)32-21-9-5-6-18-22(21)25(24(27)23(18)26)19-7-3-4-8-20(19)31-16/h3-9,16-17H,10-15H2,1-2H3/t16-,17-/m1/s1. The van der Waals surface area contributed by atoms with Crippen LogP contribution in [-0.2, 0) is 19.0 Å². The highest BCUT2D eigenvalue weighted by Crippen LogP contribution is 2.45. The number of amides is 1. The molecule has 0 N–H and O–H groups in total. The van der Waals surface area contributed by atoms with Gasteiger partial charge in [0.25, 0.3) is 5.78 Å². The Hall–Kier alpha value is -2.94. The molecule has 1 amide bonds. The summed E-state index contributed by atoms with van der Waals surface area (Å²) in [4.78, 5) is 27.2. The second-order valence-corrected chi connectivity index (χ2v) is 7.71. The summed E-state index contributed by atoms with van der Waals surface area (Å²) in [5.41, 5.74) is 1.19. The van der Waals surface area contributed by atoms with Gasteiger partial charge in [0.1, 0.15) is 29.4 Å². The molecule has 0 radical (unpaired) electrons. The Morgan fingerprint density at radius 1 is 0.750 bits per heavy atom. The summed E-state index contributed by atoms with van der Waals surface area (Å²) in [6.45, 7) is 6.21. The molecular formula is C24H27NO7. The smallest absolute Gasteiger partial charge is 0.304 e. The fourth-order valence-electron chi connectivity index (χ4n) is 3.66. The number of Topliss-reactive ketones (excluding diaryl/α,β-unsaturated/α-hetero) is 1. The minimum Gasteiger partial charge on any atom is -0.486 e. The van der Waals surface area contributed by atoms with Crippen molar-refractivity contribution in [1.29, 1.82) is 0 Å². The summed E-state index contributed by atoms with van der Waals surface area (Å²) in [6.07, 6.45) is -0.583. The van der Waals surface area contributed by atoms with Crippen molar-refractivity contribution in [3.05, 3.63) is 48.0 Å². The van der Waals surface area contributed by atoms with Crippen molar-refractivity contribution in [3.8, 4) is 11.5 Å². The Balaban J connectivity index is 1.72. The fraction of sp³-hybridized carbons (Fsp3) is 0.417. The maximum Gasteiger partial charge on any atom is 0.304 e. The van der Waals surface area contributed by atoms with Gasteiger partial charge in [-0.15, -0.1) is 0 Å². The van der Waals surface area contributed by atoms with Crippen LogP contribution in [0.25, 0.3) is 0 Å². The van der Waals surface area contributed by atoms with Crippen LogP contribution in [0.5, 0.6) is 11.5 Å². The van der Waals surface area contributed by atoms with Crippen LogP contribution in [0.15, 0.2) is 42.5 Å².